The summed E-state index contributed by atoms with van der Waals surface area (Å²) in [5.41, 5.74) is 2.73. The van der Waals surface area contributed by atoms with Crippen LogP contribution >= 0.6 is 0 Å². The van der Waals surface area contributed by atoms with Crippen molar-refractivity contribution in [1.82, 2.24) is 18.9 Å². The van der Waals surface area contributed by atoms with Crippen molar-refractivity contribution in [2.24, 2.45) is 7.05 Å². The third-order valence-corrected chi connectivity index (χ3v) is 5.04. The monoisotopic (exact) mass is 294 g/mol. The molecule has 6 rings (SSSR count). The number of nitrogens with zero attached hydrogens (tertiary/aromatic N) is 4. The minimum absolute atomic E-state index is 0.0622. The molecule has 2 aromatic heterocycles. The molecule has 0 amide bonds. The smallest absolute Gasteiger partial charge is 0.256 e. The highest BCUT2D eigenvalue weighted by atomic mass is 16.2. The van der Waals surface area contributed by atoms with Gasteiger partial charge in [-0.05, 0) is 24.5 Å². The SMILES string of the molecule is Cn1c(=O)n2n(c1=O)C1CCC2c2ccc3cccnc3c21. The molecule has 2 bridgehead atoms. The van der Waals surface area contributed by atoms with Crippen LogP contribution in [0, 0.1) is 0 Å². The second-order valence-corrected chi connectivity index (χ2v) is 6.07. The molecular weight excluding hydrogens is 280 g/mol. The Balaban J connectivity index is 1.95. The Labute approximate surface area is 125 Å². The number of hydrogen-bond donors (Lipinski definition) is 0. The van der Waals surface area contributed by atoms with E-state index in [-0.39, 0.29) is 23.5 Å². The Hall–Kier alpha value is -2.63. The van der Waals surface area contributed by atoms with E-state index >= 15 is 0 Å². The van der Waals surface area contributed by atoms with Crippen LogP contribution < -0.4 is 11.4 Å². The summed E-state index contributed by atoms with van der Waals surface area (Å²) in [7, 11) is 1.55. The van der Waals surface area contributed by atoms with Crippen molar-refractivity contribution in [2.45, 2.75) is 24.9 Å². The Morgan fingerprint density at radius 1 is 1.05 bits per heavy atom. The quantitative estimate of drug-likeness (QED) is 0.625. The van der Waals surface area contributed by atoms with Crippen LogP contribution in [0.25, 0.3) is 10.9 Å². The van der Waals surface area contributed by atoms with Gasteiger partial charge in [0.15, 0.2) is 0 Å². The van der Waals surface area contributed by atoms with Crippen molar-refractivity contribution in [3.8, 4) is 0 Å². The number of benzene rings is 1. The van der Waals surface area contributed by atoms with Crippen molar-refractivity contribution < 1.29 is 0 Å². The van der Waals surface area contributed by atoms with Crippen molar-refractivity contribution in [3.05, 3.63) is 62.6 Å². The van der Waals surface area contributed by atoms with Crippen molar-refractivity contribution in [2.75, 3.05) is 0 Å². The van der Waals surface area contributed by atoms with E-state index < -0.39 is 0 Å². The highest BCUT2D eigenvalue weighted by molar-refractivity contribution is 5.84. The molecule has 0 saturated carbocycles. The average molecular weight is 294 g/mol. The molecule has 6 heteroatoms. The summed E-state index contributed by atoms with van der Waals surface area (Å²) in [4.78, 5) is 29.4. The van der Waals surface area contributed by atoms with E-state index in [1.165, 1.54) is 4.57 Å². The van der Waals surface area contributed by atoms with E-state index in [1.54, 1.807) is 22.6 Å². The summed E-state index contributed by atoms with van der Waals surface area (Å²) in [5, 5.41) is 1.08. The molecule has 0 radical (unpaired) electrons. The van der Waals surface area contributed by atoms with Crippen LogP contribution in [0.2, 0.25) is 0 Å². The highest BCUT2D eigenvalue weighted by Crippen LogP contribution is 2.46. The van der Waals surface area contributed by atoms with E-state index in [1.807, 2.05) is 12.1 Å². The van der Waals surface area contributed by atoms with Crippen LogP contribution in [0.15, 0.2) is 40.1 Å². The van der Waals surface area contributed by atoms with Gasteiger partial charge in [0.1, 0.15) is 0 Å². The molecule has 3 aromatic rings. The molecule has 110 valence electrons. The normalized spacial score (nSPS) is 21.9. The molecule has 0 N–H and O–H groups in total. The van der Waals surface area contributed by atoms with Crippen LogP contribution in [0.3, 0.4) is 0 Å². The lowest BCUT2D eigenvalue weighted by molar-refractivity contribution is 0.239. The molecule has 1 aromatic carbocycles. The van der Waals surface area contributed by atoms with Crippen molar-refractivity contribution in [1.29, 1.82) is 0 Å². The van der Waals surface area contributed by atoms with Gasteiger partial charge in [0.25, 0.3) is 0 Å². The fourth-order valence-corrected chi connectivity index (χ4v) is 4.08. The fraction of sp³-hybridized carbons (Fsp3) is 0.312. The fourth-order valence-electron chi connectivity index (χ4n) is 4.08. The van der Waals surface area contributed by atoms with E-state index in [4.69, 9.17) is 0 Å². The molecule has 1 aliphatic carbocycles. The third-order valence-electron chi connectivity index (χ3n) is 5.04. The standard InChI is InChI=1S/C16H14N4O2/c1-18-15(21)19-11-6-7-12(20(19)16(18)22)13-10(11)5-4-9-3-2-8-17-14(9)13/h2-5,8,11-12H,6-7H2,1H3. The zero-order valence-electron chi connectivity index (χ0n) is 12.1. The lowest BCUT2D eigenvalue weighted by atomic mass is 9.81. The van der Waals surface area contributed by atoms with Gasteiger partial charge in [0, 0.05) is 24.2 Å². The summed E-state index contributed by atoms with van der Waals surface area (Å²) >= 11 is 0. The Morgan fingerprint density at radius 2 is 1.77 bits per heavy atom. The van der Waals surface area contributed by atoms with Crippen LogP contribution in [-0.2, 0) is 7.05 Å². The molecule has 6 nitrogen and oxygen atoms in total. The summed E-state index contributed by atoms with van der Waals surface area (Å²) in [6, 6.07) is 7.93. The summed E-state index contributed by atoms with van der Waals surface area (Å²) in [6.45, 7) is 0. The minimum atomic E-state index is -0.238. The number of rotatable bonds is 0. The highest BCUT2D eigenvalue weighted by Gasteiger charge is 2.41. The average Bonchev–Trinajstić information content (AvgIpc) is 2.81. The Kier molecular flexibility index (Phi) is 2.05. The van der Waals surface area contributed by atoms with Gasteiger partial charge in [-0.15, -0.1) is 0 Å². The second kappa shape index (κ2) is 3.76. The summed E-state index contributed by atoms with van der Waals surface area (Å²) in [6.07, 6.45) is 3.54. The first-order chi connectivity index (χ1) is 10.7. The van der Waals surface area contributed by atoms with Gasteiger partial charge in [-0.1, -0.05) is 18.2 Å². The van der Waals surface area contributed by atoms with Gasteiger partial charge in [0.2, 0.25) is 0 Å². The van der Waals surface area contributed by atoms with Gasteiger partial charge in [-0.3, -0.25) is 4.98 Å². The summed E-state index contributed by atoms with van der Waals surface area (Å²) in [5.74, 6) is 0. The number of pyridine rings is 1. The Bertz CT molecular complexity index is 1060. The lowest BCUT2D eigenvalue weighted by Crippen LogP contribution is -2.43. The molecule has 2 atom stereocenters. The molecule has 2 unspecified atom stereocenters. The molecule has 0 saturated heterocycles. The van der Waals surface area contributed by atoms with Gasteiger partial charge in [-0.2, -0.15) is 0 Å². The van der Waals surface area contributed by atoms with Crippen LogP contribution in [-0.4, -0.2) is 18.9 Å². The topological polar surface area (TPSA) is 61.8 Å². The van der Waals surface area contributed by atoms with Crippen molar-refractivity contribution in [3.63, 3.8) is 0 Å². The first kappa shape index (κ1) is 12.0. The number of fused-ring (bicyclic) bond motifs is 2. The molecular formula is C16H14N4O2. The van der Waals surface area contributed by atoms with Crippen molar-refractivity contribution >= 4 is 10.9 Å². The number of hydrogen-bond acceptors (Lipinski definition) is 3. The predicted molar refractivity (Wildman–Crippen MR) is 81.2 cm³/mol. The molecule has 0 fully saturated rings. The zero-order chi connectivity index (χ0) is 15.0. The minimum Gasteiger partial charge on any atom is -0.256 e. The molecule has 22 heavy (non-hydrogen) atoms. The van der Waals surface area contributed by atoms with E-state index in [9.17, 15) is 9.59 Å². The number of aromatic nitrogens is 4. The molecule has 3 aliphatic rings. The Morgan fingerprint density at radius 3 is 2.59 bits per heavy atom. The summed E-state index contributed by atoms with van der Waals surface area (Å²) < 4.78 is 4.47. The predicted octanol–water partition coefficient (Wildman–Crippen LogP) is 1.18. The maximum Gasteiger partial charge on any atom is 0.347 e. The first-order valence-electron chi connectivity index (χ1n) is 7.46. The van der Waals surface area contributed by atoms with Gasteiger partial charge in [0.05, 0.1) is 17.6 Å². The lowest BCUT2D eigenvalue weighted by Gasteiger charge is -2.40. The molecule has 0 spiro atoms. The van der Waals surface area contributed by atoms with Crippen LogP contribution in [0.5, 0.6) is 0 Å². The second-order valence-electron chi connectivity index (χ2n) is 6.07. The van der Waals surface area contributed by atoms with Crippen LogP contribution in [0.1, 0.15) is 36.1 Å². The zero-order valence-corrected chi connectivity index (χ0v) is 12.1. The molecule has 2 aliphatic heterocycles. The largest absolute Gasteiger partial charge is 0.347 e. The van der Waals surface area contributed by atoms with Gasteiger partial charge >= 0.3 is 11.4 Å². The third kappa shape index (κ3) is 1.20. The van der Waals surface area contributed by atoms with Crippen LogP contribution in [0.4, 0.5) is 0 Å². The maximum absolute atomic E-state index is 12.5. The van der Waals surface area contributed by atoms with Gasteiger partial charge in [-0.25, -0.2) is 23.5 Å². The van der Waals surface area contributed by atoms with E-state index in [0.717, 1.165) is 34.9 Å². The van der Waals surface area contributed by atoms with Gasteiger partial charge < -0.3 is 0 Å². The molecule has 4 heterocycles. The van der Waals surface area contributed by atoms with E-state index in [2.05, 4.69) is 17.1 Å². The maximum atomic E-state index is 12.5. The van der Waals surface area contributed by atoms with E-state index in [0.29, 0.717) is 0 Å². The first-order valence-corrected chi connectivity index (χ1v) is 7.46.